The molecule has 1 aromatic heterocycles. The van der Waals surface area contributed by atoms with Crippen molar-refractivity contribution in [3.63, 3.8) is 0 Å². The summed E-state index contributed by atoms with van der Waals surface area (Å²) in [5.74, 6) is 0. The third-order valence-electron chi connectivity index (χ3n) is 3.09. The van der Waals surface area contributed by atoms with Crippen LogP contribution in [0.1, 0.15) is 17.0 Å². The highest BCUT2D eigenvalue weighted by Gasteiger charge is 2.12. The Labute approximate surface area is 124 Å². The van der Waals surface area contributed by atoms with Crippen molar-refractivity contribution < 1.29 is 4.74 Å². The lowest BCUT2D eigenvalue weighted by Gasteiger charge is -2.14. The molecule has 0 unspecified atom stereocenters. The standard InChI is InChI=1S/C15H20ClN3O/c1-11-9-12(2)19(18-11)15-13(5-4-6-14(15)16)10-17-7-8-20-3/h4-6,9,17H,7-8,10H2,1-3H3. The Morgan fingerprint density at radius 2 is 2.15 bits per heavy atom. The largest absolute Gasteiger partial charge is 0.383 e. The van der Waals surface area contributed by atoms with Crippen LogP contribution < -0.4 is 5.32 Å². The van der Waals surface area contributed by atoms with Crippen molar-refractivity contribution in [2.75, 3.05) is 20.3 Å². The Morgan fingerprint density at radius 1 is 1.35 bits per heavy atom. The molecule has 2 aromatic rings. The molecule has 1 N–H and O–H groups in total. The van der Waals surface area contributed by atoms with Crippen LogP contribution >= 0.6 is 11.6 Å². The minimum Gasteiger partial charge on any atom is -0.383 e. The predicted molar refractivity (Wildman–Crippen MR) is 81.6 cm³/mol. The smallest absolute Gasteiger partial charge is 0.0879 e. The van der Waals surface area contributed by atoms with E-state index in [1.165, 1.54) is 0 Å². The van der Waals surface area contributed by atoms with Gasteiger partial charge in [-0.15, -0.1) is 0 Å². The number of halogens is 1. The number of nitrogens with zero attached hydrogens (tertiary/aromatic N) is 2. The van der Waals surface area contributed by atoms with Gasteiger partial charge in [0.2, 0.25) is 0 Å². The Kier molecular flexibility index (Phi) is 5.17. The number of aryl methyl sites for hydroxylation is 2. The van der Waals surface area contributed by atoms with Gasteiger partial charge in [-0.2, -0.15) is 5.10 Å². The molecule has 0 fully saturated rings. The van der Waals surface area contributed by atoms with E-state index in [1.807, 2.05) is 36.7 Å². The minimum absolute atomic E-state index is 0.690. The van der Waals surface area contributed by atoms with Gasteiger partial charge in [0.05, 0.1) is 23.0 Å². The van der Waals surface area contributed by atoms with Crippen LogP contribution in [0.25, 0.3) is 5.69 Å². The molecule has 4 nitrogen and oxygen atoms in total. The van der Waals surface area contributed by atoms with Gasteiger partial charge in [0, 0.05) is 25.9 Å². The van der Waals surface area contributed by atoms with E-state index >= 15 is 0 Å². The van der Waals surface area contributed by atoms with E-state index in [0.29, 0.717) is 11.6 Å². The second-order valence-electron chi connectivity index (χ2n) is 4.76. The summed E-state index contributed by atoms with van der Waals surface area (Å²) in [6.45, 7) is 6.25. The second-order valence-corrected chi connectivity index (χ2v) is 5.16. The van der Waals surface area contributed by atoms with E-state index in [1.54, 1.807) is 7.11 Å². The summed E-state index contributed by atoms with van der Waals surface area (Å²) in [6, 6.07) is 7.97. The molecule has 1 heterocycles. The summed E-state index contributed by atoms with van der Waals surface area (Å²) in [7, 11) is 1.70. The summed E-state index contributed by atoms with van der Waals surface area (Å²) in [5, 5.41) is 8.58. The van der Waals surface area contributed by atoms with E-state index in [-0.39, 0.29) is 0 Å². The summed E-state index contributed by atoms with van der Waals surface area (Å²) in [6.07, 6.45) is 0. The molecular weight excluding hydrogens is 274 g/mol. The summed E-state index contributed by atoms with van der Waals surface area (Å²) < 4.78 is 6.94. The molecule has 0 aliphatic heterocycles. The SMILES string of the molecule is COCCNCc1cccc(Cl)c1-n1nc(C)cc1C. The minimum atomic E-state index is 0.690. The number of hydrogen-bond acceptors (Lipinski definition) is 3. The van der Waals surface area contributed by atoms with Crippen molar-refractivity contribution in [3.05, 3.63) is 46.2 Å². The van der Waals surface area contributed by atoms with Crippen molar-refractivity contribution in [1.29, 1.82) is 0 Å². The molecule has 0 spiro atoms. The number of rotatable bonds is 6. The van der Waals surface area contributed by atoms with E-state index in [2.05, 4.69) is 16.5 Å². The normalized spacial score (nSPS) is 11.0. The molecule has 2 rings (SSSR count). The van der Waals surface area contributed by atoms with Crippen LogP contribution in [0.3, 0.4) is 0 Å². The molecule has 5 heteroatoms. The fraction of sp³-hybridized carbons (Fsp3) is 0.400. The first-order valence-electron chi connectivity index (χ1n) is 6.64. The van der Waals surface area contributed by atoms with Crippen LogP contribution in [-0.2, 0) is 11.3 Å². The van der Waals surface area contributed by atoms with Gasteiger partial charge >= 0.3 is 0 Å². The second kappa shape index (κ2) is 6.88. The van der Waals surface area contributed by atoms with Crippen molar-refractivity contribution in [1.82, 2.24) is 15.1 Å². The quantitative estimate of drug-likeness (QED) is 0.833. The van der Waals surface area contributed by atoms with Gasteiger partial charge < -0.3 is 10.1 Å². The zero-order valence-electron chi connectivity index (χ0n) is 12.1. The number of hydrogen-bond donors (Lipinski definition) is 1. The number of benzene rings is 1. The maximum atomic E-state index is 6.37. The van der Waals surface area contributed by atoms with Crippen LogP contribution in [-0.4, -0.2) is 30.0 Å². The molecule has 0 saturated heterocycles. The average molecular weight is 294 g/mol. The Morgan fingerprint density at radius 3 is 2.80 bits per heavy atom. The van der Waals surface area contributed by atoms with Gasteiger partial charge in [-0.1, -0.05) is 23.7 Å². The van der Waals surface area contributed by atoms with Gasteiger partial charge in [0.15, 0.2) is 0 Å². The van der Waals surface area contributed by atoms with E-state index < -0.39 is 0 Å². The molecule has 0 saturated carbocycles. The molecule has 0 bridgehead atoms. The molecule has 0 amide bonds. The van der Waals surface area contributed by atoms with E-state index in [4.69, 9.17) is 16.3 Å². The van der Waals surface area contributed by atoms with E-state index in [0.717, 1.165) is 35.7 Å². The van der Waals surface area contributed by atoms with Crippen LogP contribution in [0.5, 0.6) is 0 Å². The molecule has 0 radical (unpaired) electrons. The van der Waals surface area contributed by atoms with Gasteiger partial charge in [0.1, 0.15) is 0 Å². The molecular formula is C15H20ClN3O. The van der Waals surface area contributed by atoms with Gasteiger partial charge in [0.25, 0.3) is 0 Å². The van der Waals surface area contributed by atoms with Gasteiger partial charge in [-0.25, -0.2) is 4.68 Å². The maximum absolute atomic E-state index is 6.37. The van der Waals surface area contributed by atoms with Crippen LogP contribution in [0.2, 0.25) is 5.02 Å². The first kappa shape index (κ1) is 15.0. The van der Waals surface area contributed by atoms with Crippen LogP contribution in [0, 0.1) is 13.8 Å². The number of para-hydroxylation sites is 1. The number of aromatic nitrogens is 2. The maximum Gasteiger partial charge on any atom is 0.0879 e. The van der Waals surface area contributed by atoms with Crippen LogP contribution in [0.15, 0.2) is 24.3 Å². The first-order chi connectivity index (χ1) is 9.63. The van der Waals surface area contributed by atoms with Crippen molar-refractivity contribution in [2.45, 2.75) is 20.4 Å². The highest BCUT2D eigenvalue weighted by Crippen LogP contribution is 2.25. The number of methoxy groups -OCH3 is 1. The molecule has 0 aliphatic rings. The molecule has 0 aliphatic carbocycles. The van der Waals surface area contributed by atoms with Gasteiger partial charge in [-0.3, -0.25) is 0 Å². The highest BCUT2D eigenvalue weighted by atomic mass is 35.5. The monoisotopic (exact) mass is 293 g/mol. The first-order valence-corrected chi connectivity index (χ1v) is 7.02. The Hall–Kier alpha value is -1.36. The summed E-state index contributed by atoms with van der Waals surface area (Å²) in [4.78, 5) is 0. The van der Waals surface area contributed by atoms with Crippen LogP contribution in [0.4, 0.5) is 0 Å². The summed E-state index contributed by atoms with van der Waals surface area (Å²) in [5.41, 5.74) is 4.14. The lowest BCUT2D eigenvalue weighted by Crippen LogP contribution is -2.20. The molecule has 0 atom stereocenters. The third-order valence-corrected chi connectivity index (χ3v) is 3.40. The fourth-order valence-electron chi connectivity index (χ4n) is 2.19. The van der Waals surface area contributed by atoms with Gasteiger partial charge in [-0.05, 0) is 31.5 Å². The Bertz CT molecular complexity index is 580. The highest BCUT2D eigenvalue weighted by molar-refractivity contribution is 6.32. The number of nitrogens with one attached hydrogen (secondary N) is 1. The summed E-state index contributed by atoms with van der Waals surface area (Å²) >= 11 is 6.37. The lowest BCUT2D eigenvalue weighted by molar-refractivity contribution is 0.199. The zero-order valence-corrected chi connectivity index (χ0v) is 12.9. The molecule has 108 valence electrons. The van der Waals surface area contributed by atoms with Crippen molar-refractivity contribution in [2.24, 2.45) is 0 Å². The lowest BCUT2D eigenvalue weighted by atomic mass is 10.1. The Balaban J connectivity index is 2.29. The van der Waals surface area contributed by atoms with Crippen molar-refractivity contribution in [3.8, 4) is 5.69 Å². The topological polar surface area (TPSA) is 39.1 Å². The number of ether oxygens (including phenoxy) is 1. The molecule has 20 heavy (non-hydrogen) atoms. The zero-order chi connectivity index (χ0) is 14.5. The predicted octanol–water partition coefficient (Wildman–Crippen LogP) is 2.88. The third kappa shape index (κ3) is 3.39. The fourth-order valence-corrected chi connectivity index (χ4v) is 2.47. The van der Waals surface area contributed by atoms with E-state index in [9.17, 15) is 0 Å². The molecule has 1 aromatic carbocycles. The average Bonchev–Trinajstić information content (AvgIpc) is 2.74. The van der Waals surface area contributed by atoms with Crippen molar-refractivity contribution >= 4 is 11.6 Å².